The molecule has 3 aromatic rings. The summed E-state index contributed by atoms with van der Waals surface area (Å²) in [5, 5.41) is 24.4. The van der Waals surface area contributed by atoms with Crippen molar-refractivity contribution in [3.05, 3.63) is 30.0 Å². The van der Waals surface area contributed by atoms with Crippen LogP contribution in [-0.2, 0) is 12.7 Å². The number of aromatic hydroxyl groups is 1. The number of benzene rings is 1. The van der Waals surface area contributed by atoms with E-state index in [1.165, 1.54) is 6.07 Å². The second-order valence-electron chi connectivity index (χ2n) is 8.34. The Hall–Kier alpha value is -2.88. The van der Waals surface area contributed by atoms with Gasteiger partial charge in [-0.1, -0.05) is 0 Å². The number of hydrogen-bond acceptors (Lipinski definition) is 6. The van der Waals surface area contributed by atoms with Crippen LogP contribution in [0.3, 0.4) is 0 Å². The molecule has 0 bridgehead atoms. The van der Waals surface area contributed by atoms with E-state index in [0.717, 1.165) is 68.9 Å². The van der Waals surface area contributed by atoms with Crippen LogP contribution in [-0.4, -0.2) is 62.7 Å². The van der Waals surface area contributed by atoms with E-state index in [9.17, 15) is 18.3 Å². The van der Waals surface area contributed by atoms with Gasteiger partial charge in [0.15, 0.2) is 5.82 Å². The highest BCUT2D eigenvalue weighted by Gasteiger charge is 2.33. The van der Waals surface area contributed by atoms with Crippen LogP contribution in [0.2, 0.25) is 0 Å². The first-order valence-corrected chi connectivity index (χ1v) is 10.4. The number of aromatic nitrogens is 4. The van der Waals surface area contributed by atoms with Gasteiger partial charge < -0.3 is 14.9 Å². The predicted molar refractivity (Wildman–Crippen MR) is 110 cm³/mol. The van der Waals surface area contributed by atoms with Crippen molar-refractivity contribution in [2.45, 2.75) is 38.0 Å². The van der Waals surface area contributed by atoms with Crippen LogP contribution in [0, 0.1) is 0 Å². The lowest BCUT2D eigenvalue weighted by atomic mass is 10.0. The zero-order valence-electron chi connectivity index (χ0n) is 17.1. The average Bonchev–Trinajstić information content (AvgIpc) is 3.05. The minimum Gasteiger partial charge on any atom is -0.507 e. The van der Waals surface area contributed by atoms with Gasteiger partial charge in [0.25, 0.3) is 0 Å². The molecule has 0 aliphatic carbocycles. The maximum atomic E-state index is 13.0. The molecule has 0 unspecified atom stereocenters. The number of anilines is 1. The van der Waals surface area contributed by atoms with E-state index in [1.54, 1.807) is 6.20 Å². The Labute approximate surface area is 177 Å². The number of rotatable bonds is 2. The first kappa shape index (κ1) is 20.0. The van der Waals surface area contributed by atoms with E-state index in [-0.39, 0.29) is 5.56 Å². The van der Waals surface area contributed by atoms with E-state index < -0.39 is 17.5 Å². The molecular weight excluding hydrogens is 409 g/mol. The van der Waals surface area contributed by atoms with Gasteiger partial charge in [0.05, 0.1) is 17.1 Å². The van der Waals surface area contributed by atoms with Crippen LogP contribution >= 0.6 is 0 Å². The Morgan fingerprint density at radius 3 is 2.68 bits per heavy atom. The molecule has 4 heterocycles. The summed E-state index contributed by atoms with van der Waals surface area (Å²) in [5.41, 5.74) is 0.449. The van der Waals surface area contributed by atoms with Crippen molar-refractivity contribution in [3.8, 4) is 17.0 Å². The average molecular weight is 432 g/mol. The summed E-state index contributed by atoms with van der Waals surface area (Å²) in [6, 6.07) is 3.24. The smallest absolute Gasteiger partial charge is 0.416 e. The molecule has 1 saturated heterocycles. The van der Waals surface area contributed by atoms with Gasteiger partial charge in [-0.3, -0.25) is 4.68 Å². The molecule has 0 spiro atoms. The second-order valence-corrected chi connectivity index (χ2v) is 8.34. The SMILES string of the molecule is CN1CCC[C@@H](N2CCCn3ncc4c(-c5ccc(C(F)(F)F)cc5O)nnc2c43)C1. The zero-order chi connectivity index (χ0) is 21.8. The van der Waals surface area contributed by atoms with Gasteiger partial charge in [0, 0.05) is 31.2 Å². The number of alkyl halides is 3. The molecule has 1 aromatic carbocycles. The highest BCUT2D eigenvalue weighted by Crippen LogP contribution is 2.40. The Morgan fingerprint density at radius 2 is 1.94 bits per heavy atom. The minimum atomic E-state index is -4.53. The van der Waals surface area contributed by atoms with E-state index in [0.29, 0.717) is 17.1 Å². The molecule has 0 amide bonds. The van der Waals surface area contributed by atoms with Crippen molar-refractivity contribution in [2.75, 3.05) is 31.6 Å². The highest BCUT2D eigenvalue weighted by atomic mass is 19.4. The first-order valence-electron chi connectivity index (χ1n) is 10.4. The number of phenols is 1. The van der Waals surface area contributed by atoms with Crippen molar-refractivity contribution in [3.63, 3.8) is 0 Å². The molecule has 2 aliphatic heterocycles. The summed E-state index contributed by atoms with van der Waals surface area (Å²) >= 11 is 0. The number of phenolic OH excluding ortho intramolecular Hbond substituents is 1. The van der Waals surface area contributed by atoms with Gasteiger partial charge in [-0.15, -0.1) is 10.2 Å². The lowest BCUT2D eigenvalue weighted by molar-refractivity contribution is -0.137. The van der Waals surface area contributed by atoms with Gasteiger partial charge in [0.1, 0.15) is 17.0 Å². The normalized spacial score (nSPS) is 20.3. The zero-order valence-corrected chi connectivity index (χ0v) is 17.1. The standard InChI is InChI=1S/C21H23F3N6O/c1-28-7-2-4-14(12-28)29-8-3-9-30-19-16(11-25-30)18(26-27-20(19)29)15-6-5-13(10-17(15)31)21(22,23)24/h5-6,10-11,14,31H,2-4,7-9,12H2,1H3/t14-/m1/s1. The maximum Gasteiger partial charge on any atom is 0.416 e. The Kier molecular flexibility index (Phi) is 4.76. The largest absolute Gasteiger partial charge is 0.507 e. The molecule has 0 radical (unpaired) electrons. The number of likely N-dealkylation sites (N-methyl/N-ethyl adjacent to an activating group) is 1. The van der Waals surface area contributed by atoms with Crippen molar-refractivity contribution in [1.29, 1.82) is 0 Å². The molecule has 10 heteroatoms. The third-order valence-corrected chi connectivity index (χ3v) is 6.21. The van der Waals surface area contributed by atoms with Gasteiger partial charge in [-0.25, -0.2) is 0 Å². The number of nitrogens with zero attached hydrogens (tertiary/aromatic N) is 6. The number of piperidine rings is 1. The molecule has 1 fully saturated rings. The summed E-state index contributed by atoms with van der Waals surface area (Å²) in [6.07, 6.45) is 0.233. The van der Waals surface area contributed by atoms with Crippen LogP contribution in [0.15, 0.2) is 24.4 Å². The van der Waals surface area contributed by atoms with Gasteiger partial charge >= 0.3 is 6.18 Å². The van der Waals surface area contributed by atoms with Crippen LogP contribution in [0.5, 0.6) is 5.75 Å². The summed E-state index contributed by atoms with van der Waals surface area (Å²) in [7, 11) is 2.12. The molecule has 5 rings (SSSR count). The topological polar surface area (TPSA) is 70.3 Å². The minimum absolute atomic E-state index is 0.208. The molecule has 164 valence electrons. The third-order valence-electron chi connectivity index (χ3n) is 6.21. The number of halogens is 3. The van der Waals surface area contributed by atoms with E-state index in [4.69, 9.17) is 0 Å². The summed E-state index contributed by atoms with van der Waals surface area (Å²) in [4.78, 5) is 4.61. The first-order chi connectivity index (χ1) is 14.8. The van der Waals surface area contributed by atoms with Crippen LogP contribution in [0.4, 0.5) is 19.0 Å². The molecule has 7 nitrogen and oxygen atoms in total. The fourth-order valence-corrected chi connectivity index (χ4v) is 4.71. The van der Waals surface area contributed by atoms with Gasteiger partial charge in [-0.2, -0.15) is 18.3 Å². The fourth-order valence-electron chi connectivity index (χ4n) is 4.71. The van der Waals surface area contributed by atoms with Crippen LogP contribution < -0.4 is 4.90 Å². The van der Waals surface area contributed by atoms with E-state index in [1.807, 2.05) is 4.68 Å². The third kappa shape index (κ3) is 3.48. The lowest BCUT2D eigenvalue weighted by Gasteiger charge is -2.38. The van der Waals surface area contributed by atoms with Crippen LogP contribution in [0.25, 0.3) is 22.2 Å². The van der Waals surface area contributed by atoms with Crippen molar-refractivity contribution in [2.24, 2.45) is 0 Å². The quantitative estimate of drug-likeness (QED) is 0.668. The summed E-state index contributed by atoms with van der Waals surface area (Å²) in [6.45, 7) is 3.59. The number of hydrogen-bond donors (Lipinski definition) is 1. The molecular formula is C21H23F3N6O. The molecule has 1 N–H and O–H groups in total. The van der Waals surface area contributed by atoms with Gasteiger partial charge in [0.2, 0.25) is 0 Å². The molecule has 1 atom stereocenters. The van der Waals surface area contributed by atoms with Crippen molar-refractivity contribution in [1.82, 2.24) is 24.9 Å². The molecule has 2 aliphatic rings. The predicted octanol–water partition coefficient (Wildman–Crippen LogP) is 3.52. The Morgan fingerprint density at radius 1 is 1.10 bits per heavy atom. The monoisotopic (exact) mass is 432 g/mol. The van der Waals surface area contributed by atoms with Crippen molar-refractivity contribution < 1.29 is 18.3 Å². The molecule has 0 saturated carbocycles. The fraction of sp³-hybridized carbons (Fsp3) is 0.476. The number of aryl methyl sites for hydroxylation is 1. The Bertz CT molecular complexity index is 1130. The maximum absolute atomic E-state index is 13.0. The summed E-state index contributed by atoms with van der Waals surface area (Å²) in [5.74, 6) is 0.270. The van der Waals surface area contributed by atoms with Crippen molar-refractivity contribution >= 4 is 16.7 Å². The second kappa shape index (κ2) is 7.37. The van der Waals surface area contributed by atoms with E-state index in [2.05, 4.69) is 32.1 Å². The molecule has 2 aromatic heterocycles. The van der Waals surface area contributed by atoms with Gasteiger partial charge in [-0.05, 0) is 51.1 Å². The lowest BCUT2D eigenvalue weighted by Crippen LogP contribution is -2.47. The Balaban J connectivity index is 1.61. The molecule has 31 heavy (non-hydrogen) atoms. The highest BCUT2D eigenvalue weighted by molar-refractivity contribution is 5.99. The van der Waals surface area contributed by atoms with Crippen LogP contribution in [0.1, 0.15) is 24.8 Å². The summed E-state index contributed by atoms with van der Waals surface area (Å²) < 4.78 is 40.9. The van der Waals surface area contributed by atoms with E-state index >= 15 is 0 Å². The number of likely N-dealkylation sites (tertiary alicyclic amines) is 1.